The summed E-state index contributed by atoms with van der Waals surface area (Å²) in [6, 6.07) is 0.00868. The number of hydrogen-bond acceptors (Lipinski definition) is 5. The first-order valence-electron chi connectivity index (χ1n) is 6.01. The van der Waals surface area contributed by atoms with Gasteiger partial charge in [-0.2, -0.15) is 0 Å². The topological polar surface area (TPSA) is 67.3 Å². The van der Waals surface area contributed by atoms with Gasteiger partial charge in [-0.1, -0.05) is 18.5 Å². The molecule has 1 atom stereocenters. The van der Waals surface area contributed by atoms with E-state index in [0.717, 1.165) is 12.0 Å². The summed E-state index contributed by atoms with van der Waals surface area (Å²) in [5, 5.41) is 12.7. The van der Waals surface area contributed by atoms with Gasteiger partial charge in [-0.05, 0) is 13.3 Å². The molecule has 2 N–H and O–H groups in total. The van der Waals surface area contributed by atoms with Crippen LogP contribution in [0.15, 0.2) is 0 Å². The van der Waals surface area contributed by atoms with E-state index < -0.39 is 0 Å². The van der Waals surface area contributed by atoms with Crippen molar-refractivity contribution in [3.63, 3.8) is 0 Å². The van der Waals surface area contributed by atoms with Crippen molar-refractivity contribution in [1.82, 2.24) is 9.97 Å². The molecule has 0 aliphatic rings. The number of aliphatic hydroxyl groups excluding tert-OH is 1. The van der Waals surface area contributed by atoms with E-state index in [9.17, 15) is 0 Å². The van der Waals surface area contributed by atoms with E-state index in [2.05, 4.69) is 15.3 Å². The Morgan fingerprint density at radius 2 is 2.17 bits per heavy atom. The molecule has 18 heavy (non-hydrogen) atoms. The summed E-state index contributed by atoms with van der Waals surface area (Å²) < 4.78 is 5.11. The van der Waals surface area contributed by atoms with Gasteiger partial charge < -0.3 is 15.2 Å². The Hall–Kier alpha value is -0.910. The monoisotopic (exact) mass is 273 g/mol. The fraction of sp³-hybridized carbons (Fsp3) is 0.667. The van der Waals surface area contributed by atoms with Gasteiger partial charge in [0, 0.05) is 25.7 Å². The van der Waals surface area contributed by atoms with Gasteiger partial charge in [0.2, 0.25) is 0 Å². The van der Waals surface area contributed by atoms with Gasteiger partial charge in [-0.25, -0.2) is 9.97 Å². The molecule has 0 aromatic carbocycles. The largest absolute Gasteiger partial charge is 0.396 e. The maximum absolute atomic E-state index is 9.01. The number of rotatable bonds is 7. The van der Waals surface area contributed by atoms with E-state index in [0.29, 0.717) is 29.8 Å². The SMILES string of the molecule is CCc1nc(Cl)c(C)c(NC(CCO)COC)n1. The minimum atomic E-state index is 0.00868. The average Bonchev–Trinajstić information content (AvgIpc) is 2.35. The molecule has 0 spiro atoms. The van der Waals surface area contributed by atoms with Crippen molar-refractivity contribution in [1.29, 1.82) is 0 Å². The second kappa shape index (κ2) is 7.51. The number of aromatic nitrogens is 2. The highest BCUT2D eigenvalue weighted by Crippen LogP contribution is 2.21. The van der Waals surface area contributed by atoms with Crippen LogP contribution in [-0.4, -0.2) is 41.4 Å². The van der Waals surface area contributed by atoms with Gasteiger partial charge in [0.05, 0.1) is 12.6 Å². The molecular weight excluding hydrogens is 254 g/mol. The van der Waals surface area contributed by atoms with Crippen LogP contribution >= 0.6 is 11.6 Å². The molecule has 1 heterocycles. The summed E-state index contributed by atoms with van der Waals surface area (Å²) in [6.45, 7) is 4.45. The van der Waals surface area contributed by atoms with Crippen molar-refractivity contribution in [2.75, 3.05) is 25.6 Å². The zero-order chi connectivity index (χ0) is 13.5. The number of nitrogens with one attached hydrogen (secondary N) is 1. The molecule has 102 valence electrons. The predicted octanol–water partition coefficient (Wildman–Crippen LogP) is 1.81. The second-order valence-electron chi connectivity index (χ2n) is 4.07. The Labute approximate surface area is 113 Å². The van der Waals surface area contributed by atoms with Crippen molar-refractivity contribution in [3.05, 3.63) is 16.5 Å². The van der Waals surface area contributed by atoms with E-state index in [1.54, 1.807) is 7.11 Å². The van der Waals surface area contributed by atoms with Crippen molar-refractivity contribution in [3.8, 4) is 0 Å². The fourth-order valence-corrected chi connectivity index (χ4v) is 1.77. The summed E-state index contributed by atoms with van der Waals surface area (Å²) in [7, 11) is 1.63. The van der Waals surface area contributed by atoms with E-state index in [4.69, 9.17) is 21.4 Å². The van der Waals surface area contributed by atoms with Crippen LogP contribution in [0.2, 0.25) is 5.15 Å². The standard InChI is InChI=1S/C12H20ClN3O2/c1-4-10-15-11(13)8(2)12(16-10)14-9(5-6-17)7-18-3/h9,17H,4-7H2,1-3H3,(H,14,15,16). The lowest BCUT2D eigenvalue weighted by Gasteiger charge is -2.19. The lowest BCUT2D eigenvalue weighted by Crippen LogP contribution is -2.27. The molecule has 1 aromatic heterocycles. The summed E-state index contributed by atoms with van der Waals surface area (Å²) >= 11 is 6.06. The van der Waals surface area contributed by atoms with Gasteiger partial charge in [-0.15, -0.1) is 0 Å². The highest BCUT2D eigenvalue weighted by Gasteiger charge is 2.13. The molecule has 6 heteroatoms. The van der Waals surface area contributed by atoms with Crippen molar-refractivity contribution < 1.29 is 9.84 Å². The number of aliphatic hydroxyl groups is 1. The lowest BCUT2D eigenvalue weighted by atomic mass is 10.2. The highest BCUT2D eigenvalue weighted by molar-refractivity contribution is 6.30. The first-order valence-corrected chi connectivity index (χ1v) is 6.39. The zero-order valence-electron chi connectivity index (χ0n) is 11.0. The Morgan fingerprint density at radius 3 is 2.72 bits per heavy atom. The predicted molar refractivity (Wildman–Crippen MR) is 72.1 cm³/mol. The Bertz CT molecular complexity index is 382. The summed E-state index contributed by atoms with van der Waals surface area (Å²) in [5.74, 6) is 1.41. The van der Waals surface area contributed by atoms with Crippen LogP contribution in [-0.2, 0) is 11.2 Å². The molecule has 1 aromatic rings. The minimum absolute atomic E-state index is 0.00868. The molecule has 0 saturated carbocycles. The number of hydrogen-bond donors (Lipinski definition) is 2. The summed E-state index contributed by atoms with van der Waals surface area (Å²) in [5.41, 5.74) is 0.813. The van der Waals surface area contributed by atoms with Crippen molar-refractivity contribution in [2.45, 2.75) is 32.7 Å². The van der Waals surface area contributed by atoms with Gasteiger partial charge in [0.1, 0.15) is 16.8 Å². The Morgan fingerprint density at radius 1 is 1.44 bits per heavy atom. The number of anilines is 1. The normalized spacial score (nSPS) is 12.5. The lowest BCUT2D eigenvalue weighted by molar-refractivity contribution is 0.170. The molecule has 1 rings (SSSR count). The molecule has 0 fully saturated rings. The second-order valence-corrected chi connectivity index (χ2v) is 4.42. The number of aryl methyl sites for hydroxylation is 1. The summed E-state index contributed by atoms with van der Waals surface area (Å²) in [6.07, 6.45) is 1.32. The molecule has 0 bridgehead atoms. The van der Waals surface area contributed by atoms with Crippen molar-refractivity contribution >= 4 is 17.4 Å². The zero-order valence-corrected chi connectivity index (χ0v) is 11.8. The Kier molecular flexibility index (Phi) is 6.32. The molecular formula is C12H20ClN3O2. The summed E-state index contributed by atoms with van der Waals surface area (Å²) in [4.78, 5) is 8.60. The quantitative estimate of drug-likeness (QED) is 0.742. The van der Waals surface area contributed by atoms with Crippen LogP contribution in [0.1, 0.15) is 24.7 Å². The van der Waals surface area contributed by atoms with E-state index >= 15 is 0 Å². The number of halogens is 1. The molecule has 0 amide bonds. The van der Waals surface area contributed by atoms with Crippen LogP contribution in [0, 0.1) is 6.92 Å². The maximum atomic E-state index is 9.01. The fourth-order valence-electron chi connectivity index (χ4n) is 1.58. The van der Waals surface area contributed by atoms with Crippen LogP contribution in [0.3, 0.4) is 0 Å². The van der Waals surface area contributed by atoms with E-state index in [-0.39, 0.29) is 12.6 Å². The van der Waals surface area contributed by atoms with Crippen molar-refractivity contribution in [2.24, 2.45) is 0 Å². The maximum Gasteiger partial charge on any atom is 0.137 e. The molecule has 0 radical (unpaired) electrons. The van der Waals surface area contributed by atoms with Gasteiger partial charge in [-0.3, -0.25) is 0 Å². The Balaban J connectivity index is 2.89. The van der Waals surface area contributed by atoms with Crippen LogP contribution in [0.25, 0.3) is 0 Å². The van der Waals surface area contributed by atoms with Crippen LogP contribution < -0.4 is 5.32 Å². The van der Waals surface area contributed by atoms with Crippen LogP contribution in [0.5, 0.6) is 0 Å². The minimum Gasteiger partial charge on any atom is -0.396 e. The van der Waals surface area contributed by atoms with E-state index in [1.807, 2.05) is 13.8 Å². The first-order chi connectivity index (χ1) is 8.62. The first kappa shape index (κ1) is 15.1. The highest BCUT2D eigenvalue weighted by atomic mass is 35.5. The van der Waals surface area contributed by atoms with Crippen LogP contribution in [0.4, 0.5) is 5.82 Å². The number of nitrogens with zero attached hydrogens (tertiary/aromatic N) is 2. The number of ether oxygens (including phenoxy) is 1. The molecule has 0 aliphatic heterocycles. The third-order valence-electron chi connectivity index (χ3n) is 2.64. The van der Waals surface area contributed by atoms with Gasteiger partial charge >= 0.3 is 0 Å². The molecule has 0 saturated heterocycles. The van der Waals surface area contributed by atoms with Gasteiger partial charge in [0.15, 0.2) is 0 Å². The molecule has 1 unspecified atom stereocenters. The molecule has 5 nitrogen and oxygen atoms in total. The third-order valence-corrected chi connectivity index (χ3v) is 3.00. The molecule has 0 aliphatic carbocycles. The number of methoxy groups -OCH3 is 1. The van der Waals surface area contributed by atoms with Gasteiger partial charge in [0.25, 0.3) is 0 Å². The smallest absolute Gasteiger partial charge is 0.137 e. The third kappa shape index (κ3) is 4.08. The average molecular weight is 274 g/mol. The van der Waals surface area contributed by atoms with E-state index in [1.165, 1.54) is 0 Å².